The quantitative estimate of drug-likeness (QED) is 0.595. The maximum atomic E-state index is 10.4. The van der Waals surface area contributed by atoms with E-state index >= 15 is 0 Å². The maximum absolute atomic E-state index is 10.4. The average Bonchev–Trinajstić information content (AvgIpc) is 2.41. The van der Waals surface area contributed by atoms with Gasteiger partial charge < -0.3 is 19.3 Å². The molecule has 0 spiro atoms. The Hall–Kier alpha value is -0.0951. The molecule has 0 bridgehead atoms. The summed E-state index contributed by atoms with van der Waals surface area (Å²) in [5, 5.41) is 10.4. The van der Waals surface area contributed by atoms with Crippen molar-refractivity contribution in [2.45, 2.75) is 43.6 Å². The van der Waals surface area contributed by atoms with Crippen LogP contribution in [0.2, 0.25) is 0 Å². The van der Waals surface area contributed by atoms with Crippen LogP contribution in [0.25, 0.3) is 0 Å². The van der Waals surface area contributed by atoms with E-state index in [9.17, 15) is 5.11 Å². The van der Waals surface area contributed by atoms with E-state index in [1.165, 1.54) is 0 Å². The lowest BCUT2D eigenvalue weighted by Crippen LogP contribution is -2.52. The first kappa shape index (κ1) is 10.4. The van der Waals surface area contributed by atoms with Gasteiger partial charge in [-0.2, -0.15) is 0 Å². The third-order valence-electron chi connectivity index (χ3n) is 3.18. The van der Waals surface area contributed by atoms with E-state index in [0.29, 0.717) is 6.61 Å². The molecule has 5 heteroatoms. The minimum atomic E-state index is -0.830. The van der Waals surface area contributed by atoms with Gasteiger partial charge in [0.15, 0.2) is 0 Å². The van der Waals surface area contributed by atoms with Crippen molar-refractivity contribution in [2.75, 3.05) is 13.4 Å². The Balaban J connectivity index is 2.14. The van der Waals surface area contributed by atoms with Crippen molar-refractivity contribution >= 4 is 7.85 Å². The lowest BCUT2D eigenvalue weighted by molar-refractivity contribution is -0.204. The summed E-state index contributed by atoms with van der Waals surface area (Å²) in [6.45, 7) is 2.85. The van der Waals surface area contributed by atoms with Crippen LogP contribution in [0.15, 0.2) is 0 Å². The lowest BCUT2D eigenvalue weighted by Gasteiger charge is -2.34. The topological polar surface area (TPSA) is 47.9 Å². The van der Waals surface area contributed by atoms with Crippen LogP contribution in [-0.4, -0.2) is 50.2 Å². The number of aliphatic hydroxyl groups is 1. The molecule has 0 amide bonds. The molecule has 0 aliphatic carbocycles. The molecule has 2 aliphatic heterocycles. The van der Waals surface area contributed by atoms with Crippen molar-refractivity contribution in [2.24, 2.45) is 0 Å². The predicted molar refractivity (Wildman–Crippen MR) is 52.8 cm³/mol. The first-order valence-corrected chi connectivity index (χ1v) is 5.25. The standard InChI is InChI=1S/C9H17BO4/c1-2-3-9(11)7-6(14-8(9)10)4-12-5-13-7/h6-8,11H,2-5,10H2,1H3/t6?,7-,8?,9+/m1/s1. The van der Waals surface area contributed by atoms with Crippen molar-refractivity contribution in [1.82, 2.24) is 0 Å². The number of rotatable bonds is 2. The number of hydrogen-bond donors (Lipinski definition) is 1. The first-order chi connectivity index (χ1) is 6.68. The zero-order chi connectivity index (χ0) is 10.2. The van der Waals surface area contributed by atoms with Crippen molar-refractivity contribution in [3.05, 3.63) is 0 Å². The van der Waals surface area contributed by atoms with Gasteiger partial charge in [0.2, 0.25) is 0 Å². The van der Waals surface area contributed by atoms with Gasteiger partial charge in [0.25, 0.3) is 0 Å². The summed E-state index contributed by atoms with van der Waals surface area (Å²) in [6.07, 6.45) is 1.33. The van der Waals surface area contributed by atoms with Crippen LogP contribution in [0.3, 0.4) is 0 Å². The molecule has 4 nitrogen and oxygen atoms in total. The molecule has 2 fully saturated rings. The summed E-state index contributed by atoms with van der Waals surface area (Å²) in [6, 6.07) is -0.167. The molecule has 2 unspecified atom stereocenters. The fourth-order valence-electron chi connectivity index (χ4n) is 2.41. The highest BCUT2D eigenvalue weighted by Crippen LogP contribution is 2.37. The fourth-order valence-corrected chi connectivity index (χ4v) is 2.41. The summed E-state index contributed by atoms with van der Waals surface area (Å²) in [5.41, 5.74) is -0.830. The van der Waals surface area contributed by atoms with Crippen LogP contribution in [-0.2, 0) is 14.2 Å². The SMILES string of the molecule is BC1OC2COCO[C@H]2[C@@]1(O)CCC. The van der Waals surface area contributed by atoms with E-state index in [2.05, 4.69) is 6.92 Å². The Morgan fingerprint density at radius 3 is 3.07 bits per heavy atom. The van der Waals surface area contributed by atoms with Crippen LogP contribution in [0.1, 0.15) is 19.8 Å². The second-order valence-corrected chi connectivity index (χ2v) is 4.13. The van der Waals surface area contributed by atoms with E-state index < -0.39 is 5.60 Å². The highest BCUT2D eigenvalue weighted by atomic mass is 16.7. The first-order valence-electron chi connectivity index (χ1n) is 5.25. The Kier molecular flexibility index (Phi) is 2.84. The lowest BCUT2D eigenvalue weighted by atomic mass is 9.77. The molecule has 2 rings (SSSR count). The monoisotopic (exact) mass is 200 g/mol. The second-order valence-electron chi connectivity index (χ2n) is 4.13. The van der Waals surface area contributed by atoms with Gasteiger partial charge in [0.05, 0.1) is 12.6 Å². The van der Waals surface area contributed by atoms with Gasteiger partial charge in [-0.3, -0.25) is 0 Å². The molecule has 0 aromatic heterocycles. The summed E-state index contributed by atoms with van der Waals surface area (Å²) in [7, 11) is 1.90. The van der Waals surface area contributed by atoms with Gasteiger partial charge >= 0.3 is 0 Å². The number of hydrogen-bond acceptors (Lipinski definition) is 4. The predicted octanol–water partition coefficient (Wildman–Crippen LogP) is -0.752. The second kappa shape index (κ2) is 3.81. The van der Waals surface area contributed by atoms with E-state index in [1.807, 2.05) is 7.85 Å². The van der Waals surface area contributed by atoms with Gasteiger partial charge in [-0.25, -0.2) is 0 Å². The van der Waals surface area contributed by atoms with Crippen molar-refractivity contribution in [3.63, 3.8) is 0 Å². The van der Waals surface area contributed by atoms with Gasteiger partial charge in [0.1, 0.15) is 32.4 Å². The van der Waals surface area contributed by atoms with Crippen molar-refractivity contribution in [3.8, 4) is 0 Å². The Morgan fingerprint density at radius 1 is 1.57 bits per heavy atom. The summed E-state index contributed by atoms with van der Waals surface area (Å²) < 4.78 is 16.2. The van der Waals surface area contributed by atoms with Crippen LogP contribution in [0, 0.1) is 0 Å². The largest absolute Gasteiger partial charge is 0.385 e. The third kappa shape index (κ3) is 1.48. The smallest absolute Gasteiger partial charge is 0.147 e. The van der Waals surface area contributed by atoms with E-state index in [0.717, 1.165) is 12.8 Å². The molecule has 0 aromatic carbocycles. The normalized spacial score (nSPS) is 47.7. The summed E-state index contributed by atoms with van der Waals surface area (Å²) in [4.78, 5) is 0. The minimum Gasteiger partial charge on any atom is -0.385 e. The summed E-state index contributed by atoms with van der Waals surface area (Å²) >= 11 is 0. The van der Waals surface area contributed by atoms with Gasteiger partial charge in [0, 0.05) is 0 Å². The van der Waals surface area contributed by atoms with E-state index in [4.69, 9.17) is 14.2 Å². The fraction of sp³-hybridized carbons (Fsp3) is 1.00. The number of ether oxygens (including phenoxy) is 3. The Morgan fingerprint density at radius 2 is 2.36 bits per heavy atom. The summed E-state index contributed by atoms with van der Waals surface area (Å²) in [5.74, 6) is 0. The minimum absolute atomic E-state index is 0.102. The van der Waals surface area contributed by atoms with Crippen LogP contribution in [0.4, 0.5) is 0 Å². The van der Waals surface area contributed by atoms with Gasteiger partial charge in [-0.05, 0) is 6.42 Å². The molecule has 2 aliphatic rings. The number of fused-ring (bicyclic) bond motifs is 1. The molecule has 4 atom stereocenters. The van der Waals surface area contributed by atoms with Crippen molar-refractivity contribution < 1.29 is 19.3 Å². The molecule has 0 radical (unpaired) electrons. The van der Waals surface area contributed by atoms with Gasteiger partial charge in [-0.15, -0.1) is 0 Å². The van der Waals surface area contributed by atoms with Crippen LogP contribution < -0.4 is 0 Å². The van der Waals surface area contributed by atoms with Crippen molar-refractivity contribution in [1.29, 1.82) is 0 Å². The molecule has 2 heterocycles. The maximum Gasteiger partial charge on any atom is 0.147 e. The molecule has 80 valence electrons. The molecule has 2 saturated heterocycles. The highest BCUT2D eigenvalue weighted by Gasteiger charge is 2.54. The highest BCUT2D eigenvalue weighted by molar-refractivity contribution is 6.12. The molecule has 0 aromatic rings. The van der Waals surface area contributed by atoms with Crippen LogP contribution in [0.5, 0.6) is 0 Å². The zero-order valence-electron chi connectivity index (χ0n) is 8.73. The molecular weight excluding hydrogens is 183 g/mol. The molecule has 0 saturated carbocycles. The average molecular weight is 200 g/mol. The Labute approximate surface area is 84.9 Å². The molecule has 1 N–H and O–H groups in total. The molecular formula is C9H17BO4. The Bertz CT molecular complexity index is 213. The van der Waals surface area contributed by atoms with E-state index in [-0.39, 0.29) is 25.0 Å². The van der Waals surface area contributed by atoms with E-state index in [1.54, 1.807) is 0 Å². The van der Waals surface area contributed by atoms with Crippen LogP contribution >= 0.6 is 0 Å². The molecule has 14 heavy (non-hydrogen) atoms. The van der Waals surface area contributed by atoms with Gasteiger partial charge in [-0.1, -0.05) is 13.3 Å². The third-order valence-corrected chi connectivity index (χ3v) is 3.18. The zero-order valence-corrected chi connectivity index (χ0v) is 8.73.